The molecule has 0 aliphatic carbocycles. The molecule has 0 aliphatic heterocycles. The molecule has 0 spiro atoms. The van der Waals surface area contributed by atoms with Gasteiger partial charge in [0.1, 0.15) is 0 Å². The van der Waals surface area contributed by atoms with Crippen LogP contribution in [0.3, 0.4) is 0 Å². The van der Waals surface area contributed by atoms with E-state index < -0.39 is 0 Å². The number of hydrogen-bond acceptors (Lipinski definition) is 3. The van der Waals surface area contributed by atoms with E-state index in [9.17, 15) is 0 Å². The number of fused-ring (bicyclic) bond motifs is 9. The Morgan fingerprint density at radius 2 is 1.17 bits per heavy atom. The van der Waals surface area contributed by atoms with E-state index in [0.717, 1.165) is 55.2 Å². The van der Waals surface area contributed by atoms with Crippen molar-refractivity contribution < 1.29 is 0 Å². The predicted octanol–water partition coefficient (Wildman–Crippen LogP) is 10.0. The van der Waals surface area contributed by atoms with Crippen LogP contribution in [0, 0.1) is 0 Å². The van der Waals surface area contributed by atoms with Crippen LogP contribution in [0.1, 0.15) is 0 Å². The molecule has 0 saturated heterocycles. The van der Waals surface area contributed by atoms with Crippen LogP contribution in [0.15, 0.2) is 152 Å². The van der Waals surface area contributed by atoms with Gasteiger partial charge >= 0.3 is 0 Å². The maximum Gasteiger partial charge on any atom is 0.235 e. The second-order valence-corrected chi connectivity index (χ2v) is 11.8. The lowest BCUT2D eigenvalue weighted by Crippen LogP contribution is -2.03. The lowest BCUT2D eigenvalue weighted by molar-refractivity contribution is 0.910. The number of benzene rings is 7. The van der Waals surface area contributed by atoms with Gasteiger partial charge < -0.3 is 0 Å². The third kappa shape index (κ3) is 3.60. The van der Waals surface area contributed by atoms with Gasteiger partial charge in [0.15, 0.2) is 0 Å². The molecule has 0 atom stereocenters. The summed E-state index contributed by atoms with van der Waals surface area (Å²) in [5.74, 6) is 0.641. The number of hydrogen-bond donors (Lipinski definition) is 0. The van der Waals surface area contributed by atoms with Gasteiger partial charge in [-0.1, -0.05) is 109 Å². The highest BCUT2D eigenvalue weighted by Crippen LogP contribution is 2.41. The number of para-hydroxylation sites is 2. The quantitative estimate of drug-likeness (QED) is 0.193. The van der Waals surface area contributed by atoms with E-state index in [1.807, 2.05) is 41.2 Å². The predicted molar refractivity (Wildman–Crippen MR) is 189 cm³/mol. The Hall–Kier alpha value is -6.33. The second-order valence-electron chi connectivity index (χ2n) is 11.8. The van der Waals surface area contributed by atoms with E-state index in [1.54, 1.807) is 0 Å². The molecule has 0 radical (unpaired) electrons. The maximum atomic E-state index is 5.33. The van der Waals surface area contributed by atoms with Crippen LogP contribution in [0.5, 0.6) is 0 Å². The fourth-order valence-corrected chi connectivity index (χ4v) is 7.09. The summed E-state index contributed by atoms with van der Waals surface area (Å²) in [6.45, 7) is 0. The summed E-state index contributed by atoms with van der Waals surface area (Å²) in [4.78, 5) is 10.6. The lowest BCUT2D eigenvalue weighted by Gasteiger charge is -2.12. The van der Waals surface area contributed by atoms with Crippen LogP contribution >= 0.6 is 0 Å². The van der Waals surface area contributed by atoms with Gasteiger partial charge in [-0.05, 0) is 57.9 Å². The van der Waals surface area contributed by atoms with Crippen molar-refractivity contribution >= 4 is 65.2 Å². The Morgan fingerprint density at radius 3 is 2.04 bits per heavy atom. The van der Waals surface area contributed by atoms with Gasteiger partial charge in [0.25, 0.3) is 0 Å². The summed E-state index contributed by atoms with van der Waals surface area (Å²) in [7, 11) is 0. The molecule has 0 unspecified atom stereocenters. The number of nitrogens with zero attached hydrogens (tertiary/aromatic N) is 5. The fraction of sp³-hybridized carbons (Fsp3) is 0. The molecule has 214 valence electrons. The number of aromatic nitrogens is 5. The zero-order chi connectivity index (χ0) is 30.2. The molecule has 7 aromatic carbocycles. The Kier molecular flexibility index (Phi) is 5.22. The minimum Gasteiger partial charge on any atom is -0.278 e. The van der Waals surface area contributed by atoms with E-state index in [1.165, 1.54) is 26.9 Å². The minimum absolute atomic E-state index is 0.641. The molecule has 0 bridgehead atoms. The molecule has 5 heteroatoms. The Bertz CT molecular complexity index is 2790. The van der Waals surface area contributed by atoms with Crippen molar-refractivity contribution in [1.82, 2.24) is 24.3 Å². The van der Waals surface area contributed by atoms with Crippen molar-refractivity contribution in [1.29, 1.82) is 0 Å². The van der Waals surface area contributed by atoms with Crippen molar-refractivity contribution in [2.45, 2.75) is 0 Å². The molecule has 0 aliphatic rings. The van der Waals surface area contributed by atoms with Gasteiger partial charge in [-0.2, -0.15) is 5.10 Å². The first-order chi connectivity index (χ1) is 22.8. The highest BCUT2D eigenvalue weighted by molar-refractivity contribution is 6.29. The summed E-state index contributed by atoms with van der Waals surface area (Å²) in [5, 5.41) is 14.2. The molecule has 0 N–H and O–H groups in total. The lowest BCUT2D eigenvalue weighted by atomic mass is 9.97. The third-order valence-electron chi connectivity index (χ3n) is 9.16. The summed E-state index contributed by atoms with van der Waals surface area (Å²) in [5.41, 5.74) is 7.03. The highest BCUT2D eigenvalue weighted by Gasteiger charge is 2.21. The molecule has 5 nitrogen and oxygen atoms in total. The van der Waals surface area contributed by atoms with Crippen molar-refractivity contribution in [3.05, 3.63) is 152 Å². The topological polar surface area (TPSA) is 48.5 Å². The largest absolute Gasteiger partial charge is 0.278 e. The fourth-order valence-electron chi connectivity index (χ4n) is 7.09. The van der Waals surface area contributed by atoms with Crippen LogP contribution in [0.25, 0.3) is 88.0 Å². The summed E-state index contributed by atoms with van der Waals surface area (Å²) >= 11 is 0. The number of rotatable bonds is 3. The van der Waals surface area contributed by atoms with Crippen molar-refractivity contribution in [2.24, 2.45) is 0 Å². The zero-order valence-electron chi connectivity index (χ0n) is 24.7. The Balaban J connectivity index is 1.40. The normalized spacial score (nSPS) is 11.9. The van der Waals surface area contributed by atoms with Crippen LogP contribution < -0.4 is 0 Å². The molecular weight excluding hydrogens is 562 g/mol. The van der Waals surface area contributed by atoms with Gasteiger partial charge in [0, 0.05) is 27.1 Å². The monoisotopic (exact) mass is 587 g/mol. The smallest absolute Gasteiger partial charge is 0.235 e. The molecule has 3 aromatic heterocycles. The van der Waals surface area contributed by atoms with Gasteiger partial charge in [-0.15, -0.1) is 0 Å². The summed E-state index contributed by atoms with van der Waals surface area (Å²) in [6.07, 6.45) is 1.97. The molecule has 10 aromatic rings. The van der Waals surface area contributed by atoms with E-state index in [2.05, 4.69) is 120 Å². The molecule has 10 rings (SSSR count). The van der Waals surface area contributed by atoms with Gasteiger partial charge in [-0.3, -0.25) is 4.57 Å². The molecular formula is C41H25N5. The molecule has 0 amide bonds. The zero-order valence-corrected chi connectivity index (χ0v) is 24.7. The van der Waals surface area contributed by atoms with Crippen molar-refractivity contribution in [2.75, 3.05) is 0 Å². The van der Waals surface area contributed by atoms with Gasteiger partial charge in [0.2, 0.25) is 5.95 Å². The first kappa shape index (κ1) is 25.0. The van der Waals surface area contributed by atoms with Crippen molar-refractivity contribution in [3.8, 4) is 22.9 Å². The average Bonchev–Trinajstić information content (AvgIpc) is 3.69. The SMILES string of the molecule is c1ccc(-c2nc(-n3c4cc5c(cnn5-c5ccccc5)cc4c4c5c(ccc6ccccc65)ccc43)nc3ccccc23)cc1. The summed E-state index contributed by atoms with van der Waals surface area (Å²) in [6, 6.07) is 51.0. The highest BCUT2D eigenvalue weighted by atomic mass is 15.3. The molecule has 3 heterocycles. The van der Waals surface area contributed by atoms with E-state index >= 15 is 0 Å². The van der Waals surface area contributed by atoms with E-state index in [0.29, 0.717) is 5.95 Å². The Morgan fingerprint density at radius 1 is 0.457 bits per heavy atom. The van der Waals surface area contributed by atoms with Gasteiger partial charge in [-0.25, -0.2) is 14.6 Å². The molecule has 46 heavy (non-hydrogen) atoms. The summed E-state index contributed by atoms with van der Waals surface area (Å²) < 4.78 is 4.26. The average molecular weight is 588 g/mol. The first-order valence-corrected chi connectivity index (χ1v) is 15.5. The van der Waals surface area contributed by atoms with Gasteiger partial charge in [0.05, 0.1) is 39.6 Å². The van der Waals surface area contributed by atoms with Crippen LogP contribution in [0.2, 0.25) is 0 Å². The van der Waals surface area contributed by atoms with Crippen molar-refractivity contribution in [3.63, 3.8) is 0 Å². The van der Waals surface area contributed by atoms with E-state index in [-0.39, 0.29) is 0 Å². The Labute approximate surface area is 263 Å². The van der Waals surface area contributed by atoms with E-state index in [4.69, 9.17) is 15.1 Å². The van der Waals surface area contributed by atoms with Crippen LogP contribution in [0.4, 0.5) is 0 Å². The standard InChI is InChI=1S/C41H25N5/c1-3-12-28(13-4-1)40-32-17-9-10-18-34(32)43-41(44-40)45-35-22-21-27-20-19-26-11-7-8-16-31(26)38(27)39(35)33-23-29-25-42-46(36(29)24-37(33)45)30-14-5-2-6-15-30/h1-25H. The molecule has 0 fully saturated rings. The second kappa shape index (κ2) is 9.58. The first-order valence-electron chi connectivity index (χ1n) is 15.5. The maximum absolute atomic E-state index is 5.33. The molecule has 0 saturated carbocycles. The van der Waals surface area contributed by atoms with Crippen LogP contribution in [-0.4, -0.2) is 24.3 Å². The van der Waals surface area contributed by atoms with Crippen LogP contribution in [-0.2, 0) is 0 Å². The minimum atomic E-state index is 0.641. The third-order valence-corrected chi connectivity index (χ3v) is 9.16.